The molecule has 0 aromatic carbocycles. The number of pyridine rings is 1. The molecule has 3 heteroatoms. The number of rotatable bonds is 0. The topological polar surface area (TPSA) is 21.8 Å². The van der Waals surface area contributed by atoms with Crippen LogP contribution >= 0.6 is 0 Å². The molecular formula is C16H21N3. The van der Waals surface area contributed by atoms with Crippen molar-refractivity contribution in [3.63, 3.8) is 0 Å². The average molecular weight is 255 g/mol. The van der Waals surface area contributed by atoms with Gasteiger partial charge in [-0.25, -0.2) is 4.98 Å². The number of nitrogens with zero attached hydrogens (tertiary/aromatic N) is 1. The van der Waals surface area contributed by atoms with Gasteiger partial charge in [-0.3, -0.25) is 0 Å². The van der Waals surface area contributed by atoms with Gasteiger partial charge in [0.25, 0.3) is 0 Å². The lowest BCUT2D eigenvalue weighted by molar-refractivity contribution is -0.879. The summed E-state index contributed by atoms with van der Waals surface area (Å²) in [4.78, 5) is 7.11. The van der Waals surface area contributed by atoms with Crippen LogP contribution in [0.25, 0.3) is 5.57 Å². The minimum Gasteiger partial charge on any atom is -0.459 e. The van der Waals surface area contributed by atoms with E-state index in [-0.39, 0.29) is 0 Å². The maximum absolute atomic E-state index is 4.57. The van der Waals surface area contributed by atoms with E-state index in [2.05, 4.69) is 31.2 Å². The van der Waals surface area contributed by atoms with E-state index in [0.717, 1.165) is 17.3 Å². The molecule has 0 amide bonds. The molecule has 2 unspecified atom stereocenters. The molecule has 1 aromatic rings. The van der Waals surface area contributed by atoms with Crippen molar-refractivity contribution in [3.8, 4) is 0 Å². The van der Waals surface area contributed by atoms with Gasteiger partial charge in [-0.15, -0.1) is 7.05 Å². The van der Waals surface area contributed by atoms with Gasteiger partial charge in [0.2, 0.25) is 5.82 Å². The van der Waals surface area contributed by atoms with Gasteiger partial charge in [-0.05, 0) is 25.0 Å². The van der Waals surface area contributed by atoms with Gasteiger partial charge >= 0.3 is 0 Å². The Hall–Kier alpha value is -1.19. The molecule has 1 aromatic heterocycles. The fourth-order valence-corrected chi connectivity index (χ4v) is 4.46. The fourth-order valence-electron chi connectivity index (χ4n) is 4.46. The van der Waals surface area contributed by atoms with Gasteiger partial charge in [-0.2, -0.15) is 7.05 Å². The van der Waals surface area contributed by atoms with Crippen molar-refractivity contribution in [2.24, 2.45) is 5.41 Å². The summed E-state index contributed by atoms with van der Waals surface area (Å²) in [6.07, 6.45) is 7.22. The predicted octanol–water partition coefficient (Wildman–Crippen LogP) is 0.365. The second-order valence-corrected chi connectivity index (χ2v) is 6.32. The first kappa shape index (κ1) is 11.6. The van der Waals surface area contributed by atoms with Crippen molar-refractivity contribution in [2.75, 3.05) is 13.1 Å². The molecule has 100 valence electrons. The highest BCUT2D eigenvalue weighted by Crippen LogP contribution is 2.51. The third kappa shape index (κ3) is 1.49. The normalized spacial score (nSPS) is 31.7. The minimum atomic E-state index is 0.349. The van der Waals surface area contributed by atoms with Crippen LogP contribution in [0, 0.1) is 19.5 Å². The maximum atomic E-state index is 4.57. The van der Waals surface area contributed by atoms with Crippen molar-refractivity contribution in [2.45, 2.75) is 25.7 Å². The summed E-state index contributed by atoms with van der Waals surface area (Å²) in [5.74, 6) is 1.12. The smallest absolute Gasteiger partial charge is 0.212 e. The first-order valence-electron chi connectivity index (χ1n) is 7.27. The summed E-state index contributed by atoms with van der Waals surface area (Å²) in [6, 6.07) is 4.30. The number of nitrogens with one attached hydrogen (secondary N) is 2. The molecule has 1 fully saturated rings. The van der Waals surface area contributed by atoms with E-state index in [1.54, 1.807) is 5.57 Å². The molecular weight excluding hydrogens is 234 g/mol. The molecule has 3 nitrogen and oxygen atoms in total. The third-order valence-electron chi connectivity index (χ3n) is 5.14. The molecule has 3 heterocycles. The highest BCUT2D eigenvalue weighted by atomic mass is 15.2. The van der Waals surface area contributed by atoms with Crippen LogP contribution in [0.4, 0.5) is 5.82 Å². The van der Waals surface area contributed by atoms with E-state index in [4.69, 9.17) is 0 Å². The lowest BCUT2D eigenvalue weighted by Crippen LogP contribution is -3.14. The molecule has 2 atom stereocenters. The fraction of sp³-hybridized carbons (Fsp3) is 0.438. The molecule has 1 saturated carbocycles. The lowest BCUT2D eigenvalue weighted by Gasteiger charge is -2.40. The summed E-state index contributed by atoms with van der Waals surface area (Å²) in [5.41, 5.74) is 4.72. The lowest BCUT2D eigenvalue weighted by atomic mass is 9.73. The van der Waals surface area contributed by atoms with E-state index in [1.165, 1.54) is 48.4 Å². The van der Waals surface area contributed by atoms with Crippen molar-refractivity contribution in [1.29, 1.82) is 0 Å². The molecule has 1 aliphatic carbocycles. The molecule has 0 radical (unpaired) electrons. The molecule has 1 spiro atoms. The standard InChI is InChI=1S/C16H21N3/c1-18-10-13-14(16(11-18)7-3-4-8-16)12-6-5-9-17-15(12)19(13)2/h5-6,9,18-19H,1-4,7-8,10-11H2. The number of aromatic nitrogens is 1. The Kier molecular flexibility index (Phi) is 2.39. The zero-order valence-corrected chi connectivity index (χ0v) is 11.3. The molecule has 19 heavy (non-hydrogen) atoms. The van der Waals surface area contributed by atoms with Gasteiger partial charge in [0.15, 0.2) is 0 Å². The van der Waals surface area contributed by atoms with Crippen LogP contribution < -0.4 is 9.80 Å². The van der Waals surface area contributed by atoms with E-state index in [9.17, 15) is 0 Å². The van der Waals surface area contributed by atoms with Crippen molar-refractivity contribution in [1.82, 2.24) is 4.98 Å². The van der Waals surface area contributed by atoms with Crippen LogP contribution in [0.2, 0.25) is 0 Å². The van der Waals surface area contributed by atoms with E-state index < -0.39 is 0 Å². The molecule has 3 aliphatic rings. The molecule has 0 saturated heterocycles. The van der Waals surface area contributed by atoms with Gasteiger partial charge in [0, 0.05) is 17.2 Å². The minimum absolute atomic E-state index is 0.349. The number of fused-ring (bicyclic) bond motifs is 3. The summed E-state index contributed by atoms with van der Waals surface area (Å²) in [7, 11) is 8.60. The Bertz CT molecular complexity index is 555. The summed E-state index contributed by atoms with van der Waals surface area (Å²) >= 11 is 0. The van der Waals surface area contributed by atoms with Crippen LogP contribution in [0.15, 0.2) is 24.0 Å². The number of hydrogen-bond donors (Lipinski definition) is 2. The summed E-state index contributed by atoms with van der Waals surface area (Å²) in [6.45, 7) is 2.18. The van der Waals surface area contributed by atoms with E-state index in [1.807, 2.05) is 6.20 Å². The van der Waals surface area contributed by atoms with Crippen LogP contribution in [-0.4, -0.2) is 18.1 Å². The van der Waals surface area contributed by atoms with Crippen LogP contribution in [-0.2, 0) is 0 Å². The Balaban J connectivity index is 1.93. The van der Waals surface area contributed by atoms with Crippen LogP contribution in [0.1, 0.15) is 31.2 Å². The Morgan fingerprint density at radius 2 is 2.00 bits per heavy atom. The SMILES string of the molecule is [CH2-][NH+]1CC2=C(c3cccnc3[NH+]2[CH2-])C2(CCCC2)C1. The third-order valence-corrected chi connectivity index (χ3v) is 5.14. The highest BCUT2D eigenvalue weighted by molar-refractivity contribution is 5.80. The van der Waals surface area contributed by atoms with E-state index in [0.29, 0.717) is 5.41 Å². The van der Waals surface area contributed by atoms with Crippen LogP contribution in [0.5, 0.6) is 0 Å². The van der Waals surface area contributed by atoms with Gasteiger partial charge in [0.1, 0.15) is 12.2 Å². The summed E-state index contributed by atoms with van der Waals surface area (Å²) < 4.78 is 0. The molecule has 2 N–H and O–H groups in total. The molecule has 2 aliphatic heterocycles. The van der Waals surface area contributed by atoms with Gasteiger partial charge in [-0.1, -0.05) is 12.8 Å². The van der Waals surface area contributed by atoms with Crippen molar-refractivity contribution < 1.29 is 9.80 Å². The van der Waals surface area contributed by atoms with Gasteiger partial charge < -0.3 is 9.80 Å². The Morgan fingerprint density at radius 3 is 2.79 bits per heavy atom. The average Bonchev–Trinajstić information content (AvgIpc) is 2.96. The first-order valence-corrected chi connectivity index (χ1v) is 7.27. The largest absolute Gasteiger partial charge is 0.459 e. The van der Waals surface area contributed by atoms with Crippen LogP contribution in [0.3, 0.4) is 0 Å². The zero-order chi connectivity index (χ0) is 13.0. The van der Waals surface area contributed by atoms with Crippen molar-refractivity contribution >= 4 is 11.4 Å². The Labute approximate surface area is 114 Å². The number of hydrogen-bond acceptors (Lipinski definition) is 1. The second-order valence-electron chi connectivity index (χ2n) is 6.32. The molecule has 0 bridgehead atoms. The van der Waals surface area contributed by atoms with Gasteiger partial charge in [0.05, 0.1) is 12.1 Å². The maximum Gasteiger partial charge on any atom is 0.212 e. The quantitative estimate of drug-likeness (QED) is 0.642. The number of quaternary nitrogens is 2. The van der Waals surface area contributed by atoms with Crippen molar-refractivity contribution in [3.05, 3.63) is 43.7 Å². The zero-order valence-electron chi connectivity index (χ0n) is 11.3. The predicted molar refractivity (Wildman–Crippen MR) is 74.1 cm³/mol. The second kappa shape index (κ2) is 3.90. The Morgan fingerprint density at radius 1 is 1.21 bits per heavy atom. The van der Waals surface area contributed by atoms with E-state index >= 15 is 0 Å². The first-order chi connectivity index (χ1) is 9.21. The monoisotopic (exact) mass is 255 g/mol. The molecule has 4 rings (SSSR count). The summed E-state index contributed by atoms with van der Waals surface area (Å²) in [5, 5.41) is 0. The highest BCUT2D eigenvalue weighted by Gasteiger charge is 2.50.